The highest BCUT2D eigenvalue weighted by Crippen LogP contribution is 2.27. The number of rotatable bonds is 6. The molecule has 1 amide bonds. The minimum absolute atomic E-state index is 0.243. The van der Waals surface area contributed by atoms with Crippen LogP contribution in [0.1, 0.15) is 27.9 Å². The number of aryl methyl sites for hydroxylation is 1. The van der Waals surface area contributed by atoms with Crippen molar-refractivity contribution in [2.45, 2.75) is 19.4 Å². The second kappa shape index (κ2) is 6.41. The molecule has 0 spiro atoms. The van der Waals surface area contributed by atoms with E-state index in [1.807, 2.05) is 36.4 Å². The average molecular weight is 280 g/mol. The number of ether oxygens (including phenoxy) is 1. The quantitative estimate of drug-likeness (QED) is 0.749. The molecule has 4 nitrogen and oxygen atoms in total. The molecule has 1 aliphatic heterocycles. The van der Waals surface area contributed by atoms with E-state index >= 15 is 0 Å². The van der Waals surface area contributed by atoms with Gasteiger partial charge < -0.3 is 4.74 Å². The summed E-state index contributed by atoms with van der Waals surface area (Å²) in [6.07, 6.45) is 1.81. The summed E-state index contributed by atoms with van der Waals surface area (Å²) < 4.78 is 5.65. The van der Waals surface area contributed by atoms with Gasteiger partial charge in [-0.05, 0) is 36.1 Å². The molecular formula is C17H16N2O2. The Morgan fingerprint density at radius 1 is 0.952 bits per heavy atom. The normalized spacial score (nSPS) is 12.7. The van der Waals surface area contributed by atoms with E-state index in [0.29, 0.717) is 24.5 Å². The smallest absolute Gasteiger partial charge is 0.297 e. The van der Waals surface area contributed by atoms with E-state index in [1.165, 1.54) is 5.56 Å². The summed E-state index contributed by atoms with van der Waals surface area (Å²) in [6, 6.07) is 15.9. The third-order valence-corrected chi connectivity index (χ3v) is 3.41. The van der Waals surface area contributed by atoms with E-state index in [-0.39, 0.29) is 5.91 Å². The van der Waals surface area contributed by atoms with Crippen LogP contribution in [0.3, 0.4) is 0 Å². The largest absolute Gasteiger partial charge is 0.377 e. The van der Waals surface area contributed by atoms with Crippen molar-refractivity contribution in [1.82, 2.24) is 0 Å². The molecule has 0 unspecified atom stereocenters. The molecule has 0 fully saturated rings. The van der Waals surface area contributed by atoms with E-state index in [4.69, 9.17) is 4.74 Å². The highest BCUT2D eigenvalue weighted by molar-refractivity contribution is 6.01. The standard InChI is InChI=1S/C17H16N2O2/c20-17-15-11-13(8-9-16(15)18-19-17)7-4-10-21-12-14-5-2-1-3-6-14/h1-3,5-6,8-9,11H,4,7,10,12H2. The number of hydrogen-bond donors (Lipinski definition) is 0. The lowest BCUT2D eigenvalue weighted by Crippen LogP contribution is -1.98. The Labute approximate surface area is 123 Å². The second-order valence-electron chi connectivity index (χ2n) is 5.00. The highest BCUT2D eigenvalue weighted by Gasteiger charge is 2.17. The van der Waals surface area contributed by atoms with Crippen LogP contribution in [0.5, 0.6) is 0 Å². The number of carbonyl (C=O) groups is 1. The topological polar surface area (TPSA) is 51.0 Å². The Bertz CT molecular complexity index is 666. The average Bonchev–Trinajstić information content (AvgIpc) is 2.89. The van der Waals surface area contributed by atoms with Gasteiger partial charge in [0.2, 0.25) is 0 Å². The van der Waals surface area contributed by atoms with Gasteiger partial charge in [0.25, 0.3) is 5.91 Å². The van der Waals surface area contributed by atoms with Crippen LogP contribution in [-0.2, 0) is 17.8 Å². The van der Waals surface area contributed by atoms with Crippen LogP contribution >= 0.6 is 0 Å². The van der Waals surface area contributed by atoms with Crippen LogP contribution in [0, 0.1) is 0 Å². The zero-order chi connectivity index (χ0) is 14.5. The lowest BCUT2D eigenvalue weighted by atomic mass is 10.1. The number of carbonyl (C=O) groups excluding carboxylic acids is 1. The Morgan fingerprint density at radius 3 is 2.67 bits per heavy atom. The molecule has 0 radical (unpaired) electrons. The molecule has 1 heterocycles. The van der Waals surface area contributed by atoms with Gasteiger partial charge in [-0.2, -0.15) is 0 Å². The van der Waals surface area contributed by atoms with E-state index in [9.17, 15) is 4.79 Å². The van der Waals surface area contributed by atoms with Crippen molar-refractivity contribution in [3.05, 3.63) is 65.2 Å². The van der Waals surface area contributed by atoms with Gasteiger partial charge in [0, 0.05) is 6.61 Å². The van der Waals surface area contributed by atoms with Crippen LogP contribution in [-0.4, -0.2) is 12.5 Å². The molecule has 2 aromatic carbocycles. The van der Waals surface area contributed by atoms with Crippen molar-refractivity contribution in [2.24, 2.45) is 10.2 Å². The summed E-state index contributed by atoms with van der Waals surface area (Å²) in [7, 11) is 0. The van der Waals surface area contributed by atoms with Crippen molar-refractivity contribution in [2.75, 3.05) is 6.61 Å². The Morgan fingerprint density at radius 2 is 1.81 bits per heavy atom. The molecule has 0 bridgehead atoms. The maximum atomic E-state index is 11.5. The Hall–Kier alpha value is -2.33. The fourth-order valence-corrected chi connectivity index (χ4v) is 2.29. The van der Waals surface area contributed by atoms with Crippen LogP contribution in [0.2, 0.25) is 0 Å². The van der Waals surface area contributed by atoms with E-state index in [2.05, 4.69) is 22.4 Å². The summed E-state index contributed by atoms with van der Waals surface area (Å²) in [4.78, 5) is 11.5. The van der Waals surface area contributed by atoms with Gasteiger partial charge in [-0.1, -0.05) is 36.4 Å². The molecule has 0 N–H and O–H groups in total. The molecule has 3 rings (SSSR count). The predicted octanol–water partition coefficient (Wildman–Crippen LogP) is 4.07. The predicted molar refractivity (Wildman–Crippen MR) is 79.7 cm³/mol. The number of fused-ring (bicyclic) bond motifs is 1. The first kappa shape index (κ1) is 13.6. The zero-order valence-electron chi connectivity index (χ0n) is 11.7. The fourth-order valence-electron chi connectivity index (χ4n) is 2.29. The van der Waals surface area contributed by atoms with Crippen LogP contribution in [0.25, 0.3) is 0 Å². The van der Waals surface area contributed by atoms with Gasteiger partial charge in [-0.15, -0.1) is 10.2 Å². The van der Waals surface area contributed by atoms with Crippen molar-refractivity contribution in [3.63, 3.8) is 0 Å². The number of amides is 1. The number of nitrogens with zero attached hydrogens (tertiary/aromatic N) is 2. The monoisotopic (exact) mass is 280 g/mol. The van der Waals surface area contributed by atoms with Crippen molar-refractivity contribution in [1.29, 1.82) is 0 Å². The zero-order valence-corrected chi connectivity index (χ0v) is 11.7. The first-order valence-electron chi connectivity index (χ1n) is 7.03. The third-order valence-electron chi connectivity index (χ3n) is 3.41. The SMILES string of the molecule is O=C1N=Nc2ccc(CCCOCc3ccccc3)cc21. The summed E-state index contributed by atoms with van der Waals surface area (Å²) in [6.45, 7) is 1.34. The molecule has 1 aliphatic rings. The van der Waals surface area contributed by atoms with Gasteiger partial charge in [0.15, 0.2) is 0 Å². The highest BCUT2D eigenvalue weighted by atomic mass is 16.5. The minimum atomic E-state index is -0.243. The van der Waals surface area contributed by atoms with Gasteiger partial charge in [0.1, 0.15) is 0 Å². The van der Waals surface area contributed by atoms with Gasteiger partial charge in [-0.25, -0.2) is 0 Å². The molecule has 0 atom stereocenters. The number of hydrogen-bond acceptors (Lipinski definition) is 3. The van der Waals surface area contributed by atoms with Crippen LogP contribution in [0.15, 0.2) is 58.8 Å². The minimum Gasteiger partial charge on any atom is -0.377 e. The summed E-state index contributed by atoms with van der Waals surface area (Å²) in [5.74, 6) is -0.243. The molecule has 0 saturated carbocycles. The lowest BCUT2D eigenvalue weighted by molar-refractivity contribution is 0.100. The van der Waals surface area contributed by atoms with Crippen molar-refractivity contribution < 1.29 is 9.53 Å². The molecule has 0 aliphatic carbocycles. The van der Waals surface area contributed by atoms with Gasteiger partial charge in [-0.3, -0.25) is 4.79 Å². The third kappa shape index (κ3) is 3.41. The van der Waals surface area contributed by atoms with Crippen molar-refractivity contribution >= 4 is 11.6 Å². The number of azo groups is 1. The molecule has 2 aromatic rings. The molecule has 0 aromatic heterocycles. The van der Waals surface area contributed by atoms with E-state index in [0.717, 1.165) is 18.4 Å². The van der Waals surface area contributed by atoms with Gasteiger partial charge in [0.05, 0.1) is 17.9 Å². The molecule has 106 valence electrons. The van der Waals surface area contributed by atoms with Crippen LogP contribution < -0.4 is 0 Å². The Balaban J connectivity index is 1.44. The van der Waals surface area contributed by atoms with E-state index < -0.39 is 0 Å². The molecule has 21 heavy (non-hydrogen) atoms. The maximum Gasteiger partial charge on any atom is 0.297 e. The summed E-state index contributed by atoms with van der Waals surface area (Å²) >= 11 is 0. The maximum absolute atomic E-state index is 11.5. The van der Waals surface area contributed by atoms with Gasteiger partial charge >= 0.3 is 0 Å². The van der Waals surface area contributed by atoms with E-state index in [1.54, 1.807) is 0 Å². The van der Waals surface area contributed by atoms with Crippen LogP contribution in [0.4, 0.5) is 5.69 Å². The second-order valence-corrected chi connectivity index (χ2v) is 5.00. The first-order chi connectivity index (χ1) is 10.3. The summed E-state index contributed by atoms with van der Waals surface area (Å²) in [5, 5.41) is 7.37. The fraction of sp³-hybridized carbons (Fsp3) is 0.235. The molecular weight excluding hydrogens is 264 g/mol. The molecule has 4 heteroatoms. The van der Waals surface area contributed by atoms with Crippen molar-refractivity contribution in [3.8, 4) is 0 Å². The number of benzene rings is 2. The molecule has 0 saturated heterocycles. The summed E-state index contributed by atoms with van der Waals surface area (Å²) in [5.41, 5.74) is 3.59. The Kier molecular flexibility index (Phi) is 4.17. The lowest BCUT2D eigenvalue weighted by Gasteiger charge is -2.05. The first-order valence-corrected chi connectivity index (χ1v) is 7.03.